The third kappa shape index (κ3) is 5.80. The van der Waals surface area contributed by atoms with Gasteiger partial charge in [0, 0.05) is 42.3 Å². The summed E-state index contributed by atoms with van der Waals surface area (Å²) in [6.45, 7) is 0.843. The molecule has 1 aliphatic heterocycles. The van der Waals surface area contributed by atoms with E-state index in [2.05, 4.69) is 10.5 Å². The Morgan fingerprint density at radius 3 is 2.26 bits per heavy atom. The Morgan fingerprint density at radius 2 is 1.71 bits per heavy atom. The van der Waals surface area contributed by atoms with Gasteiger partial charge >= 0.3 is 5.69 Å². The summed E-state index contributed by atoms with van der Waals surface area (Å²) < 4.78 is 15.4. The van der Waals surface area contributed by atoms with Crippen LogP contribution in [0.1, 0.15) is 28.8 Å². The van der Waals surface area contributed by atoms with Gasteiger partial charge in [0.15, 0.2) is 5.75 Å². The quantitative estimate of drug-likeness (QED) is 0.356. The van der Waals surface area contributed by atoms with Crippen molar-refractivity contribution in [3.05, 3.63) is 57.6 Å². The smallest absolute Gasteiger partial charge is 0.311 e. The second-order valence-corrected chi connectivity index (χ2v) is 7.59. The van der Waals surface area contributed by atoms with Crippen LogP contribution in [0.25, 0.3) is 0 Å². The number of methoxy groups -OCH3 is 3. The molecule has 0 atom stereocenters. The maximum absolute atomic E-state index is 12.9. The van der Waals surface area contributed by atoms with Crippen molar-refractivity contribution in [2.24, 2.45) is 11.0 Å². The number of nitrogens with one attached hydrogen (secondary N) is 1. The average molecular weight is 470 g/mol. The Morgan fingerprint density at radius 1 is 1.06 bits per heavy atom. The molecule has 2 aromatic carbocycles. The molecule has 34 heavy (non-hydrogen) atoms. The second kappa shape index (κ2) is 11.1. The number of nitrogens with zero attached hydrogens (tertiary/aromatic N) is 3. The highest BCUT2D eigenvalue weighted by Crippen LogP contribution is 2.27. The van der Waals surface area contributed by atoms with E-state index >= 15 is 0 Å². The molecule has 0 saturated carbocycles. The van der Waals surface area contributed by atoms with E-state index in [9.17, 15) is 19.7 Å². The number of piperidine rings is 1. The van der Waals surface area contributed by atoms with Crippen LogP contribution >= 0.6 is 0 Å². The maximum atomic E-state index is 12.9. The van der Waals surface area contributed by atoms with Crippen LogP contribution in [0.3, 0.4) is 0 Å². The molecule has 0 spiro atoms. The normalized spacial score (nSPS) is 14.0. The summed E-state index contributed by atoms with van der Waals surface area (Å²) in [5, 5.41) is 15.0. The number of hydrogen-bond donors (Lipinski definition) is 1. The topological polar surface area (TPSA) is 133 Å². The minimum atomic E-state index is -0.550. The van der Waals surface area contributed by atoms with Gasteiger partial charge in [-0.1, -0.05) is 0 Å². The van der Waals surface area contributed by atoms with E-state index in [-0.39, 0.29) is 29.2 Å². The minimum Gasteiger partial charge on any atom is -0.497 e. The molecule has 0 aliphatic carbocycles. The molecule has 180 valence electrons. The lowest BCUT2D eigenvalue weighted by Crippen LogP contribution is -2.42. The van der Waals surface area contributed by atoms with Gasteiger partial charge in [0.05, 0.1) is 32.5 Å². The first kappa shape index (κ1) is 24.5. The molecule has 0 bridgehead atoms. The molecule has 0 unspecified atom stereocenters. The van der Waals surface area contributed by atoms with Crippen LogP contribution < -0.4 is 19.6 Å². The number of carbonyl (C=O) groups excluding carboxylic acids is 2. The summed E-state index contributed by atoms with van der Waals surface area (Å²) in [5.41, 5.74) is 3.19. The van der Waals surface area contributed by atoms with Gasteiger partial charge in [-0.05, 0) is 37.1 Å². The molecular weight excluding hydrogens is 444 g/mol. The number of hydrazone groups is 1. The fourth-order valence-corrected chi connectivity index (χ4v) is 3.65. The van der Waals surface area contributed by atoms with Crippen molar-refractivity contribution in [3.8, 4) is 17.2 Å². The van der Waals surface area contributed by atoms with Crippen molar-refractivity contribution in [2.75, 3.05) is 34.4 Å². The molecule has 2 aromatic rings. The van der Waals surface area contributed by atoms with Crippen molar-refractivity contribution in [1.82, 2.24) is 10.3 Å². The van der Waals surface area contributed by atoms with Gasteiger partial charge < -0.3 is 19.1 Å². The summed E-state index contributed by atoms with van der Waals surface area (Å²) in [6.07, 6.45) is 2.31. The van der Waals surface area contributed by atoms with Gasteiger partial charge in [0.25, 0.3) is 5.91 Å². The molecule has 11 heteroatoms. The van der Waals surface area contributed by atoms with Gasteiger partial charge in [0.1, 0.15) is 11.5 Å². The number of nitro groups is 1. The Bertz CT molecular complexity index is 1070. The van der Waals surface area contributed by atoms with Gasteiger partial charge in [-0.15, -0.1) is 0 Å². The van der Waals surface area contributed by atoms with E-state index < -0.39 is 4.92 Å². The van der Waals surface area contributed by atoms with Gasteiger partial charge in [0.2, 0.25) is 5.91 Å². The van der Waals surface area contributed by atoms with Crippen molar-refractivity contribution >= 4 is 23.7 Å². The van der Waals surface area contributed by atoms with Crippen LogP contribution in [0.5, 0.6) is 17.2 Å². The molecule has 0 radical (unpaired) electrons. The highest BCUT2D eigenvalue weighted by Gasteiger charge is 2.28. The highest BCUT2D eigenvalue weighted by molar-refractivity contribution is 5.95. The van der Waals surface area contributed by atoms with E-state index in [1.807, 2.05) is 0 Å². The summed E-state index contributed by atoms with van der Waals surface area (Å²) in [5.74, 6) is 0.463. The summed E-state index contributed by atoms with van der Waals surface area (Å²) in [6, 6.07) is 9.37. The fraction of sp³-hybridized carbons (Fsp3) is 0.348. The number of rotatable bonds is 8. The Labute approximate surface area is 196 Å². The number of carbonyl (C=O) groups is 2. The van der Waals surface area contributed by atoms with Crippen molar-refractivity contribution in [3.63, 3.8) is 0 Å². The van der Waals surface area contributed by atoms with E-state index in [1.165, 1.54) is 39.7 Å². The monoisotopic (exact) mass is 470 g/mol. The molecule has 1 heterocycles. The third-order valence-corrected chi connectivity index (χ3v) is 5.54. The first-order valence-electron chi connectivity index (χ1n) is 10.5. The predicted octanol–water partition coefficient (Wildman–Crippen LogP) is 2.62. The second-order valence-electron chi connectivity index (χ2n) is 7.59. The van der Waals surface area contributed by atoms with E-state index in [0.717, 1.165) is 0 Å². The van der Waals surface area contributed by atoms with E-state index in [1.54, 1.807) is 29.2 Å². The van der Waals surface area contributed by atoms with Crippen LogP contribution in [0.2, 0.25) is 0 Å². The molecule has 1 saturated heterocycles. The molecule has 2 amide bonds. The van der Waals surface area contributed by atoms with Crippen molar-refractivity contribution < 1.29 is 28.7 Å². The van der Waals surface area contributed by atoms with Crippen LogP contribution in [-0.4, -0.2) is 62.3 Å². The number of amides is 2. The Balaban J connectivity index is 1.55. The third-order valence-electron chi connectivity index (χ3n) is 5.54. The fourth-order valence-electron chi connectivity index (χ4n) is 3.65. The summed E-state index contributed by atoms with van der Waals surface area (Å²) in [7, 11) is 4.39. The number of hydrogen-bond acceptors (Lipinski definition) is 8. The molecular formula is C23H26N4O7. The zero-order chi connectivity index (χ0) is 24.7. The zero-order valence-electron chi connectivity index (χ0n) is 19.1. The number of ether oxygens (including phenoxy) is 3. The van der Waals surface area contributed by atoms with Crippen LogP contribution in [0, 0.1) is 16.0 Å². The van der Waals surface area contributed by atoms with Crippen LogP contribution in [-0.2, 0) is 4.79 Å². The minimum absolute atomic E-state index is 0.139. The lowest BCUT2D eigenvalue weighted by atomic mass is 9.95. The maximum Gasteiger partial charge on any atom is 0.311 e. The first-order valence-corrected chi connectivity index (χ1v) is 10.5. The SMILES string of the molecule is COc1cc(OC)cc(C(=O)N2CCC(C(=O)N/N=C\c3ccc(OC)c([N+](=O)[O-])c3)CC2)c1. The van der Waals surface area contributed by atoms with E-state index in [0.29, 0.717) is 48.6 Å². The summed E-state index contributed by atoms with van der Waals surface area (Å²) in [4.78, 5) is 37.6. The molecule has 11 nitrogen and oxygen atoms in total. The standard InChI is InChI=1S/C23H26N4O7/c1-32-18-11-17(12-19(13-18)33-2)23(29)26-8-6-16(7-9-26)22(28)25-24-14-15-4-5-21(34-3)20(10-15)27(30)31/h4-5,10-14,16H,6-9H2,1-3H3,(H,25,28)/b24-14-. The predicted molar refractivity (Wildman–Crippen MR) is 124 cm³/mol. The van der Waals surface area contributed by atoms with Crippen LogP contribution in [0.4, 0.5) is 5.69 Å². The average Bonchev–Trinajstić information content (AvgIpc) is 2.87. The van der Waals surface area contributed by atoms with Crippen LogP contribution in [0.15, 0.2) is 41.5 Å². The molecule has 1 N–H and O–H groups in total. The van der Waals surface area contributed by atoms with Crippen molar-refractivity contribution in [2.45, 2.75) is 12.8 Å². The van der Waals surface area contributed by atoms with Gasteiger partial charge in [-0.25, -0.2) is 5.43 Å². The molecule has 0 aromatic heterocycles. The zero-order valence-corrected chi connectivity index (χ0v) is 19.1. The summed E-state index contributed by atoms with van der Waals surface area (Å²) >= 11 is 0. The van der Waals surface area contributed by atoms with Gasteiger partial charge in [-0.2, -0.15) is 5.10 Å². The Kier molecular flexibility index (Phi) is 8.01. The first-order chi connectivity index (χ1) is 16.4. The van der Waals surface area contributed by atoms with Crippen molar-refractivity contribution in [1.29, 1.82) is 0 Å². The lowest BCUT2D eigenvalue weighted by molar-refractivity contribution is -0.385. The lowest BCUT2D eigenvalue weighted by Gasteiger charge is -2.31. The largest absolute Gasteiger partial charge is 0.497 e. The highest BCUT2D eigenvalue weighted by atomic mass is 16.6. The molecule has 1 fully saturated rings. The Hall–Kier alpha value is -4.15. The molecule has 3 rings (SSSR count). The van der Waals surface area contributed by atoms with Gasteiger partial charge in [-0.3, -0.25) is 19.7 Å². The number of likely N-dealkylation sites (tertiary alicyclic amines) is 1. The number of benzene rings is 2. The molecule has 1 aliphatic rings. The number of nitro benzene ring substituents is 1. The van der Waals surface area contributed by atoms with E-state index in [4.69, 9.17) is 14.2 Å².